The van der Waals surface area contributed by atoms with Crippen LogP contribution < -0.4 is 10.2 Å². The van der Waals surface area contributed by atoms with Crippen molar-refractivity contribution in [2.24, 2.45) is 0 Å². The minimum Gasteiger partial charge on any atom is -0.312 e. The van der Waals surface area contributed by atoms with Gasteiger partial charge in [0.05, 0.1) is 5.75 Å². The number of thioether (sulfide) groups is 1. The van der Waals surface area contributed by atoms with E-state index in [2.05, 4.69) is 15.5 Å². The molecule has 6 nitrogen and oxygen atoms in total. The van der Waals surface area contributed by atoms with E-state index in [4.69, 9.17) is 11.6 Å². The van der Waals surface area contributed by atoms with Crippen molar-refractivity contribution in [2.45, 2.75) is 24.2 Å². The van der Waals surface area contributed by atoms with Crippen LogP contribution in [0.3, 0.4) is 0 Å². The van der Waals surface area contributed by atoms with Gasteiger partial charge in [0, 0.05) is 34.5 Å². The number of aryl methyl sites for hydroxylation is 1. The van der Waals surface area contributed by atoms with Gasteiger partial charge in [0.15, 0.2) is 0 Å². The molecule has 1 fully saturated rings. The molecule has 0 bridgehead atoms. The van der Waals surface area contributed by atoms with Gasteiger partial charge in [-0.15, -0.1) is 22.0 Å². The summed E-state index contributed by atoms with van der Waals surface area (Å²) in [5, 5.41) is 12.9. The van der Waals surface area contributed by atoms with Crippen LogP contribution in [0.5, 0.6) is 0 Å². The van der Waals surface area contributed by atoms with Crippen LogP contribution >= 0.6 is 34.7 Å². The van der Waals surface area contributed by atoms with Crippen molar-refractivity contribution in [3.63, 3.8) is 0 Å². The largest absolute Gasteiger partial charge is 0.312 e. The van der Waals surface area contributed by atoms with Gasteiger partial charge < -0.3 is 4.90 Å². The zero-order valence-electron chi connectivity index (χ0n) is 16.2. The summed E-state index contributed by atoms with van der Waals surface area (Å²) in [7, 11) is 0. The molecule has 9 heteroatoms. The molecule has 1 N–H and O–H groups in total. The van der Waals surface area contributed by atoms with Crippen molar-refractivity contribution in [1.82, 2.24) is 10.2 Å². The first-order valence-corrected chi connectivity index (χ1v) is 11.5. The van der Waals surface area contributed by atoms with Crippen LogP contribution in [0.15, 0.2) is 53.4 Å². The van der Waals surface area contributed by atoms with E-state index in [9.17, 15) is 9.59 Å². The fraction of sp³-hybridized carbons (Fsp3) is 0.238. The van der Waals surface area contributed by atoms with Crippen LogP contribution in [0, 0.1) is 6.92 Å². The van der Waals surface area contributed by atoms with Crippen molar-refractivity contribution in [3.05, 3.63) is 64.1 Å². The van der Waals surface area contributed by atoms with Crippen molar-refractivity contribution < 1.29 is 9.59 Å². The van der Waals surface area contributed by atoms with Gasteiger partial charge in [-0.25, -0.2) is 0 Å². The molecule has 3 aromatic rings. The first-order chi connectivity index (χ1) is 14.5. The number of carbonyl (C=O) groups excluding carboxylic acids is 2. The molecule has 1 aliphatic heterocycles. The molecule has 1 saturated heterocycles. The number of nitrogens with one attached hydrogen (secondary N) is 1. The Kier molecular flexibility index (Phi) is 6.36. The summed E-state index contributed by atoms with van der Waals surface area (Å²) in [5.41, 5.74) is 1.76. The fourth-order valence-electron chi connectivity index (χ4n) is 3.14. The van der Waals surface area contributed by atoms with Crippen molar-refractivity contribution in [2.75, 3.05) is 22.5 Å². The molecule has 1 unspecified atom stereocenters. The smallest absolute Gasteiger partial charge is 0.236 e. The number of aromatic nitrogens is 2. The Hall–Kier alpha value is -2.42. The fourth-order valence-corrected chi connectivity index (χ4v) is 4.89. The molecule has 154 valence electrons. The number of hydrogen-bond donors (Lipinski definition) is 1. The Bertz CT molecular complexity index is 1070. The number of amides is 2. The molecule has 0 aliphatic carbocycles. The Morgan fingerprint density at radius 3 is 2.83 bits per heavy atom. The predicted octanol–water partition coefficient (Wildman–Crippen LogP) is 4.75. The van der Waals surface area contributed by atoms with Gasteiger partial charge in [0.2, 0.25) is 16.9 Å². The number of nitrogens with zero attached hydrogens (tertiary/aromatic N) is 3. The maximum absolute atomic E-state index is 12.5. The van der Waals surface area contributed by atoms with Crippen LogP contribution in [0.25, 0.3) is 0 Å². The van der Waals surface area contributed by atoms with E-state index in [0.29, 0.717) is 28.9 Å². The van der Waals surface area contributed by atoms with E-state index in [1.807, 2.05) is 55.5 Å². The van der Waals surface area contributed by atoms with Gasteiger partial charge in [-0.2, -0.15) is 0 Å². The van der Waals surface area contributed by atoms with Crippen molar-refractivity contribution in [1.29, 1.82) is 0 Å². The summed E-state index contributed by atoms with van der Waals surface area (Å²) in [6.07, 6.45) is 0.359. The van der Waals surface area contributed by atoms with Gasteiger partial charge >= 0.3 is 0 Å². The SMILES string of the molecule is Cc1ccc(N2CC(c3nnc(NC(=O)CSc4ccccc4)s3)CC2=O)cc1Cl. The monoisotopic (exact) mass is 458 g/mol. The van der Waals surface area contributed by atoms with Gasteiger partial charge in [0.25, 0.3) is 0 Å². The van der Waals surface area contributed by atoms with Gasteiger partial charge in [0.1, 0.15) is 5.01 Å². The zero-order valence-corrected chi connectivity index (χ0v) is 18.6. The Balaban J connectivity index is 1.36. The molecule has 1 aromatic heterocycles. The quantitative estimate of drug-likeness (QED) is 0.539. The van der Waals surface area contributed by atoms with E-state index in [1.54, 1.807) is 4.90 Å². The van der Waals surface area contributed by atoms with Gasteiger partial charge in [-0.3, -0.25) is 14.9 Å². The van der Waals surface area contributed by atoms with E-state index in [-0.39, 0.29) is 17.7 Å². The lowest BCUT2D eigenvalue weighted by molar-refractivity contribution is -0.117. The maximum Gasteiger partial charge on any atom is 0.236 e. The average molecular weight is 459 g/mol. The third-order valence-electron chi connectivity index (χ3n) is 4.74. The second kappa shape index (κ2) is 9.16. The van der Waals surface area contributed by atoms with Gasteiger partial charge in [-0.05, 0) is 36.8 Å². The Morgan fingerprint density at radius 1 is 1.27 bits per heavy atom. The predicted molar refractivity (Wildman–Crippen MR) is 122 cm³/mol. The zero-order chi connectivity index (χ0) is 21.1. The normalized spacial score (nSPS) is 16.1. The molecular formula is C21H19ClN4O2S2. The van der Waals surface area contributed by atoms with Crippen LogP contribution in [-0.4, -0.2) is 34.3 Å². The highest BCUT2D eigenvalue weighted by Gasteiger charge is 2.34. The lowest BCUT2D eigenvalue weighted by Gasteiger charge is -2.17. The summed E-state index contributed by atoms with van der Waals surface area (Å²) in [6.45, 7) is 2.45. The molecule has 0 radical (unpaired) electrons. The van der Waals surface area contributed by atoms with E-state index >= 15 is 0 Å². The summed E-state index contributed by atoms with van der Waals surface area (Å²) >= 11 is 8.99. The molecule has 0 saturated carbocycles. The summed E-state index contributed by atoms with van der Waals surface area (Å²) in [6, 6.07) is 15.4. The van der Waals surface area contributed by atoms with Crippen LogP contribution in [0.4, 0.5) is 10.8 Å². The van der Waals surface area contributed by atoms with Crippen LogP contribution in [0.2, 0.25) is 5.02 Å². The summed E-state index contributed by atoms with van der Waals surface area (Å²) in [4.78, 5) is 27.5. The van der Waals surface area contributed by atoms with Crippen LogP contribution in [0.1, 0.15) is 22.9 Å². The molecule has 0 spiro atoms. The van der Waals surface area contributed by atoms with E-state index < -0.39 is 0 Å². The number of benzene rings is 2. The molecule has 1 atom stereocenters. The first kappa shape index (κ1) is 20.8. The van der Waals surface area contributed by atoms with Crippen LogP contribution in [-0.2, 0) is 9.59 Å². The molecular weight excluding hydrogens is 440 g/mol. The number of carbonyl (C=O) groups is 2. The number of anilines is 2. The molecule has 2 amide bonds. The number of rotatable bonds is 6. The molecule has 1 aliphatic rings. The maximum atomic E-state index is 12.5. The minimum absolute atomic E-state index is 0.0277. The Morgan fingerprint density at radius 2 is 2.07 bits per heavy atom. The van der Waals surface area contributed by atoms with Gasteiger partial charge in [-0.1, -0.05) is 47.2 Å². The molecule has 4 rings (SSSR count). The van der Waals surface area contributed by atoms with E-state index in [0.717, 1.165) is 21.2 Å². The summed E-state index contributed by atoms with van der Waals surface area (Å²) < 4.78 is 0. The minimum atomic E-state index is -0.134. The highest BCUT2D eigenvalue weighted by atomic mass is 35.5. The number of halogens is 1. The molecule has 2 aromatic carbocycles. The molecule has 30 heavy (non-hydrogen) atoms. The third-order valence-corrected chi connectivity index (χ3v) is 7.16. The van der Waals surface area contributed by atoms with Crippen molar-refractivity contribution >= 4 is 57.3 Å². The second-order valence-electron chi connectivity index (χ2n) is 6.93. The molecule has 2 heterocycles. The topological polar surface area (TPSA) is 75.2 Å². The average Bonchev–Trinajstić information content (AvgIpc) is 3.36. The lowest BCUT2D eigenvalue weighted by Crippen LogP contribution is -2.24. The Labute approximate surface area is 187 Å². The van der Waals surface area contributed by atoms with E-state index in [1.165, 1.54) is 23.1 Å². The standard InChI is InChI=1S/C21H19ClN4O2S2/c1-13-7-8-15(10-17(13)22)26-11-14(9-19(26)28)20-24-25-21(30-20)23-18(27)12-29-16-5-3-2-4-6-16/h2-8,10,14H,9,11-12H2,1H3,(H,23,25,27). The lowest BCUT2D eigenvalue weighted by atomic mass is 10.1. The highest BCUT2D eigenvalue weighted by molar-refractivity contribution is 8.00. The van der Waals surface area contributed by atoms with Crippen molar-refractivity contribution in [3.8, 4) is 0 Å². The highest BCUT2D eigenvalue weighted by Crippen LogP contribution is 2.35. The number of hydrogen-bond acceptors (Lipinski definition) is 6. The third kappa shape index (κ3) is 4.83. The second-order valence-corrected chi connectivity index (χ2v) is 9.40. The summed E-state index contributed by atoms with van der Waals surface area (Å²) in [5.74, 6) is 0.132. The first-order valence-electron chi connectivity index (χ1n) is 9.37.